The van der Waals surface area contributed by atoms with Gasteiger partial charge in [-0.05, 0) is 54.8 Å². The van der Waals surface area contributed by atoms with Crippen molar-refractivity contribution in [3.8, 4) is 33.8 Å². The zero-order valence-corrected chi connectivity index (χ0v) is 21.2. The summed E-state index contributed by atoms with van der Waals surface area (Å²) in [4.78, 5) is 29.0. The van der Waals surface area contributed by atoms with Crippen molar-refractivity contribution < 1.29 is 13.6 Å². The normalized spacial score (nSPS) is 13.8. The number of carbonyl (C=O) groups excluding carboxylic acids is 1. The van der Waals surface area contributed by atoms with Crippen LogP contribution in [0.3, 0.4) is 0 Å². The number of benzene rings is 2. The Bertz CT molecular complexity index is 1910. The van der Waals surface area contributed by atoms with Gasteiger partial charge < -0.3 is 10.3 Å². The lowest BCUT2D eigenvalue weighted by atomic mass is 10.0. The van der Waals surface area contributed by atoms with Crippen LogP contribution in [-0.2, 0) is 4.79 Å². The third-order valence-electron chi connectivity index (χ3n) is 7.45. The van der Waals surface area contributed by atoms with Crippen LogP contribution in [-0.4, -0.2) is 36.0 Å². The molecule has 40 heavy (non-hydrogen) atoms. The number of pyridine rings is 2. The second-order valence-electron chi connectivity index (χ2n) is 10.0. The lowest BCUT2D eigenvalue weighted by molar-refractivity contribution is -0.119. The molecule has 1 fully saturated rings. The number of fused-ring (bicyclic) bond motifs is 2. The summed E-state index contributed by atoms with van der Waals surface area (Å²) in [5.74, 6) is -0.557. The lowest BCUT2D eigenvalue weighted by Gasteiger charge is -2.11. The number of H-pyrrole nitrogens is 2. The van der Waals surface area contributed by atoms with E-state index in [4.69, 9.17) is 0 Å². The van der Waals surface area contributed by atoms with E-state index in [-0.39, 0.29) is 28.7 Å². The number of aromatic nitrogens is 6. The number of halogens is 2. The van der Waals surface area contributed by atoms with Crippen LogP contribution < -0.4 is 5.32 Å². The molecule has 1 saturated carbocycles. The molecule has 198 valence electrons. The monoisotopic (exact) mass is 535 g/mol. The fourth-order valence-electron chi connectivity index (χ4n) is 5.47. The molecular formula is C30H23F2N7O. The second-order valence-corrected chi connectivity index (χ2v) is 10.0. The zero-order chi connectivity index (χ0) is 27.2. The van der Waals surface area contributed by atoms with E-state index in [9.17, 15) is 9.18 Å². The Balaban J connectivity index is 1.28. The molecule has 0 bridgehead atoms. The summed E-state index contributed by atoms with van der Waals surface area (Å²) in [7, 11) is 0. The van der Waals surface area contributed by atoms with Crippen molar-refractivity contribution in [2.24, 2.45) is 5.92 Å². The Labute approximate surface area is 226 Å². The number of carbonyl (C=O) groups is 1. The van der Waals surface area contributed by atoms with Gasteiger partial charge in [-0.25, -0.2) is 18.7 Å². The number of anilines is 1. The van der Waals surface area contributed by atoms with Crippen LogP contribution in [0.5, 0.6) is 0 Å². The highest BCUT2D eigenvalue weighted by atomic mass is 19.1. The number of hydrogen-bond donors (Lipinski definition) is 3. The summed E-state index contributed by atoms with van der Waals surface area (Å²) in [6.45, 7) is 0. The molecule has 1 aliphatic carbocycles. The van der Waals surface area contributed by atoms with Gasteiger partial charge >= 0.3 is 0 Å². The van der Waals surface area contributed by atoms with Gasteiger partial charge in [0.05, 0.1) is 22.8 Å². The smallest absolute Gasteiger partial charge is 0.227 e. The molecule has 0 aliphatic heterocycles. The minimum atomic E-state index is -0.499. The molecule has 10 heteroatoms. The van der Waals surface area contributed by atoms with E-state index in [1.165, 1.54) is 12.1 Å². The molecule has 4 heterocycles. The maximum absolute atomic E-state index is 16.1. The average molecular weight is 536 g/mol. The number of imidazole rings is 1. The van der Waals surface area contributed by atoms with Crippen LogP contribution in [0.4, 0.5) is 14.5 Å². The van der Waals surface area contributed by atoms with E-state index < -0.39 is 5.82 Å². The molecule has 1 amide bonds. The first-order chi connectivity index (χ1) is 19.5. The third kappa shape index (κ3) is 4.17. The maximum Gasteiger partial charge on any atom is 0.227 e. The van der Waals surface area contributed by atoms with Crippen molar-refractivity contribution in [1.29, 1.82) is 0 Å². The van der Waals surface area contributed by atoms with E-state index in [0.29, 0.717) is 50.4 Å². The number of aromatic amines is 2. The van der Waals surface area contributed by atoms with Crippen LogP contribution in [0.2, 0.25) is 0 Å². The summed E-state index contributed by atoms with van der Waals surface area (Å²) >= 11 is 0. The number of amides is 1. The Morgan fingerprint density at radius 3 is 2.70 bits per heavy atom. The highest BCUT2D eigenvalue weighted by Crippen LogP contribution is 2.36. The first-order valence-electron chi connectivity index (χ1n) is 13.1. The van der Waals surface area contributed by atoms with Crippen LogP contribution >= 0.6 is 0 Å². The average Bonchev–Trinajstić information content (AvgIpc) is 3.73. The van der Waals surface area contributed by atoms with Gasteiger partial charge in [0.2, 0.25) is 5.91 Å². The maximum atomic E-state index is 16.1. The quantitative estimate of drug-likeness (QED) is 0.229. The van der Waals surface area contributed by atoms with Gasteiger partial charge in [-0.15, -0.1) is 0 Å². The third-order valence-corrected chi connectivity index (χ3v) is 7.45. The second kappa shape index (κ2) is 9.64. The SMILES string of the molecule is O=C(Nc1cncc(-c2ccc3[nH]nc(-c4nc5c(-c6cccc(F)c6)ccnc5[nH]4)c3c2F)c1)C1CCCC1. The first-order valence-corrected chi connectivity index (χ1v) is 13.1. The molecule has 0 spiro atoms. The summed E-state index contributed by atoms with van der Waals surface area (Å²) in [5, 5.41) is 10.4. The molecule has 6 aromatic rings. The molecule has 0 unspecified atom stereocenters. The van der Waals surface area contributed by atoms with Crippen molar-refractivity contribution in [3.63, 3.8) is 0 Å². The topological polar surface area (TPSA) is 112 Å². The van der Waals surface area contributed by atoms with E-state index in [0.717, 1.165) is 25.7 Å². The van der Waals surface area contributed by atoms with Crippen LogP contribution in [0.15, 0.2) is 67.1 Å². The van der Waals surface area contributed by atoms with Crippen molar-refractivity contribution in [1.82, 2.24) is 30.1 Å². The standard InChI is InChI=1S/C30H23F2N7O/c31-19-7-3-6-17(12-19)22-10-11-34-28-26(22)36-29(37-28)27-24-23(38-39-27)9-8-21(25(24)32)18-13-20(15-33-14-18)35-30(40)16-4-1-2-5-16/h3,6-16H,1-2,4-5H2,(H,35,40)(H,38,39)(H,34,36,37). The zero-order valence-electron chi connectivity index (χ0n) is 21.2. The number of nitrogens with one attached hydrogen (secondary N) is 3. The number of hydrogen-bond acceptors (Lipinski definition) is 5. The van der Waals surface area contributed by atoms with Gasteiger partial charge in [-0.2, -0.15) is 5.10 Å². The Kier molecular flexibility index (Phi) is 5.80. The van der Waals surface area contributed by atoms with E-state index in [1.807, 2.05) is 0 Å². The lowest BCUT2D eigenvalue weighted by Crippen LogP contribution is -2.20. The summed E-state index contributed by atoms with van der Waals surface area (Å²) in [6, 6.07) is 13.1. The van der Waals surface area contributed by atoms with E-state index in [2.05, 4.69) is 35.5 Å². The van der Waals surface area contributed by atoms with Crippen molar-refractivity contribution in [2.75, 3.05) is 5.32 Å². The number of nitrogens with zero attached hydrogens (tertiary/aromatic N) is 4. The molecule has 8 nitrogen and oxygen atoms in total. The molecule has 0 radical (unpaired) electrons. The minimum absolute atomic E-state index is 0.00459. The van der Waals surface area contributed by atoms with E-state index in [1.54, 1.807) is 55.0 Å². The molecular weight excluding hydrogens is 512 g/mol. The molecule has 2 aromatic carbocycles. The fraction of sp³-hybridized carbons (Fsp3) is 0.167. The Morgan fingerprint density at radius 1 is 0.975 bits per heavy atom. The molecule has 4 aromatic heterocycles. The predicted molar refractivity (Wildman–Crippen MR) is 148 cm³/mol. The van der Waals surface area contributed by atoms with Gasteiger partial charge in [0.15, 0.2) is 11.5 Å². The summed E-state index contributed by atoms with van der Waals surface area (Å²) in [5.41, 5.74) is 4.47. The highest BCUT2D eigenvalue weighted by molar-refractivity contribution is 5.98. The predicted octanol–water partition coefficient (Wildman–Crippen LogP) is 6.64. The Hall–Kier alpha value is -4.99. The van der Waals surface area contributed by atoms with Gasteiger partial charge in [0.25, 0.3) is 0 Å². The van der Waals surface area contributed by atoms with Crippen molar-refractivity contribution in [2.45, 2.75) is 25.7 Å². The van der Waals surface area contributed by atoms with E-state index >= 15 is 4.39 Å². The molecule has 1 aliphatic rings. The van der Waals surface area contributed by atoms with Gasteiger partial charge in [-0.3, -0.25) is 14.9 Å². The first kappa shape index (κ1) is 24.1. The Morgan fingerprint density at radius 2 is 1.85 bits per heavy atom. The summed E-state index contributed by atoms with van der Waals surface area (Å²) in [6.07, 6.45) is 8.61. The van der Waals surface area contributed by atoms with Crippen LogP contribution in [0.1, 0.15) is 25.7 Å². The molecule has 0 atom stereocenters. The van der Waals surface area contributed by atoms with Gasteiger partial charge in [0.1, 0.15) is 22.8 Å². The fourth-order valence-corrected chi connectivity index (χ4v) is 5.47. The number of rotatable bonds is 5. The highest BCUT2D eigenvalue weighted by Gasteiger charge is 2.24. The molecule has 0 saturated heterocycles. The largest absolute Gasteiger partial charge is 0.324 e. The van der Waals surface area contributed by atoms with Crippen molar-refractivity contribution in [3.05, 3.63) is 78.8 Å². The molecule has 3 N–H and O–H groups in total. The van der Waals surface area contributed by atoms with Crippen LogP contribution in [0.25, 0.3) is 55.8 Å². The van der Waals surface area contributed by atoms with Crippen molar-refractivity contribution >= 4 is 33.7 Å². The van der Waals surface area contributed by atoms with Gasteiger partial charge in [0, 0.05) is 35.0 Å². The van der Waals surface area contributed by atoms with Crippen LogP contribution in [0, 0.1) is 17.6 Å². The minimum Gasteiger partial charge on any atom is -0.324 e. The molecule has 7 rings (SSSR count). The summed E-state index contributed by atoms with van der Waals surface area (Å²) < 4.78 is 30.1. The van der Waals surface area contributed by atoms with Gasteiger partial charge in [-0.1, -0.05) is 25.0 Å².